The molecule has 0 aromatic heterocycles. The van der Waals surface area contributed by atoms with E-state index in [1.165, 1.54) is 0 Å². The molecule has 0 spiro atoms. The summed E-state index contributed by atoms with van der Waals surface area (Å²) in [5, 5.41) is 4.52. The van der Waals surface area contributed by atoms with Crippen molar-refractivity contribution in [2.24, 2.45) is 0 Å². The molecule has 2 rings (SSSR count). The van der Waals surface area contributed by atoms with Crippen molar-refractivity contribution in [2.45, 2.75) is 33.4 Å². The molecule has 0 bridgehead atoms. The number of benzene rings is 2. The Kier molecular flexibility index (Phi) is 6.43. The van der Waals surface area contributed by atoms with Crippen LogP contribution in [0.3, 0.4) is 0 Å². The maximum Gasteiger partial charge on any atom is 0.161 e. The molecule has 0 aliphatic heterocycles. The Morgan fingerprint density at radius 2 is 1.70 bits per heavy atom. The summed E-state index contributed by atoms with van der Waals surface area (Å²) in [4.78, 5) is 0. The number of nitrogens with one attached hydrogen (secondary N) is 1. The molecule has 5 heteroatoms. The van der Waals surface area contributed by atoms with Gasteiger partial charge in [-0.1, -0.05) is 29.3 Å². The summed E-state index contributed by atoms with van der Waals surface area (Å²) in [5.74, 6) is 1.51. The van der Waals surface area contributed by atoms with Gasteiger partial charge in [-0.25, -0.2) is 0 Å². The van der Waals surface area contributed by atoms with Gasteiger partial charge in [0.15, 0.2) is 11.5 Å². The zero-order valence-corrected chi connectivity index (χ0v) is 15.0. The third-order valence-corrected chi connectivity index (χ3v) is 3.47. The Bertz CT molecular complexity index is 639. The highest BCUT2D eigenvalue weighted by Crippen LogP contribution is 2.30. The molecule has 3 nitrogen and oxygen atoms in total. The highest BCUT2D eigenvalue weighted by atomic mass is 35.5. The molecule has 0 saturated heterocycles. The molecule has 2 aromatic carbocycles. The summed E-state index contributed by atoms with van der Waals surface area (Å²) in [6.45, 7) is 7.17. The molecule has 0 atom stereocenters. The van der Waals surface area contributed by atoms with E-state index in [4.69, 9.17) is 32.7 Å². The van der Waals surface area contributed by atoms with Crippen LogP contribution in [0.15, 0.2) is 36.4 Å². The first-order valence-corrected chi connectivity index (χ1v) is 8.36. The lowest BCUT2D eigenvalue weighted by Crippen LogP contribution is -2.08. The molecular weight excluding hydrogens is 333 g/mol. The minimum absolute atomic E-state index is 0.104. The van der Waals surface area contributed by atoms with Crippen LogP contribution in [0.5, 0.6) is 11.5 Å². The molecule has 23 heavy (non-hydrogen) atoms. The maximum absolute atomic E-state index is 6.01. The first-order chi connectivity index (χ1) is 11.0. The molecule has 0 aliphatic carbocycles. The summed E-state index contributed by atoms with van der Waals surface area (Å²) in [6.07, 6.45) is 0.104. The lowest BCUT2D eigenvalue weighted by molar-refractivity contribution is 0.223. The van der Waals surface area contributed by atoms with E-state index in [0.717, 1.165) is 22.7 Å². The van der Waals surface area contributed by atoms with Crippen molar-refractivity contribution in [3.05, 3.63) is 52.0 Å². The van der Waals surface area contributed by atoms with Gasteiger partial charge in [0.25, 0.3) is 0 Å². The Balaban J connectivity index is 2.11. The predicted octanol–water partition coefficient (Wildman–Crippen LogP) is 5.79. The fourth-order valence-electron chi connectivity index (χ4n) is 2.14. The second-order valence-corrected chi connectivity index (χ2v) is 6.27. The van der Waals surface area contributed by atoms with Gasteiger partial charge in [-0.3, -0.25) is 0 Å². The summed E-state index contributed by atoms with van der Waals surface area (Å²) in [6, 6.07) is 11.3. The zero-order valence-electron chi connectivity index (χ0n) is 13.5. The predicted molar refractivity (Wildman–Crippen MR) is 97.2 cm³/mol. The number of halogens is 2. The van der Waals surface area contributed by atoms with Crippen molar-refractivity contribution in [1.82, 2.24) is 0 Å². The van der Waals surface area contributed by atoms with E-state index in [-0.39, 0.29) is 6.10 Å². The van der Waals surface area contributed by atoms with Crippen molar-refractivity contribution >= 4 is 28.9 Å². The molecule has 0 radical (unpaired) electrons. The van der Waals surface area contributed by atoms with Gasteiger partial charge in [0.1, 0.15) is 0 Å². The third kappa shape index (κ3) is 5.52. The van der Waals surface area contributed by atoms with Gasteiger partial charge >= 0.3 is 0 Å². The molecule has 0 fully saturated rings. The van der Waals surface area contributed by atoms with E-state index >= 15 is 0 Å². The fraction of sp³-hybridized carbons (Fsp3) is 0.333. The topological polar surface area (TPSA) is 30.5 Å². The van der Waals surface area contributed by atoms with E-state index in [0.29, 0.717) is 23.2 Å². The first kappa shape index (κ1) is 17.8. The lowest BCUT2D eigenvalue weighted by Gasteiger charge is -2.16. The van der Waals surface area contributed by atoms with Crippen molar-refractivity contribution in [2.75, 3.05) is 11.9 Å². The smallest absolute Gasteiger partial charge is 0.161 e. The lowest BCUT2D eigenvalue weighted by atomic mass is 10.2. The van der Waals surface area contributed by atoms with Crippen molar-refractivity contribution in [1.29, 1.82) is 0 Å². The summed E-state index contributed by atoms with van der Waals surface area (Å²) in [5.41, 5.74) is 1.96. The van der Waals surface area contributed by atoms with Crippen LogP contribution in [-0.4, -0.2) is 12.7 Å². The van der Waals surface area contributed by atoms with Gasteiger partial charge in [-0.15, -0.1) is 0 Å². The zero-order chi connectivity index (χ0) is 16.8. The van der Waals surface area contributed by atoms with Crippen LogP contribution >= 0.6 is 23.2 Å². The van der Waals surface area contributed by atoms with Crippen LogP contribution in [0.25, 0.3) is 0 Å². The van der Waals surface area contributed by atoms with Crippen LogP contribution in [0.2, 0.25) is 10.0 Å². The van der Waals surface area contributed by atoms with Gasteiger partial charge in [-0.05, 0) is 56.7 Å². The van der Waals surface area contributed by atoms with Gasteiger partial charge in [0.05, 0.1) is 12.7 Å². The minimum atomic E-state index is 0.104. The largest absolute Gasteiger partial charge is 0.490 e. The van der Waals surface area contributed by atoms with E-state index in [1.807, 2.05) is 51.1 Å². The normalized spacial score (nSPS) is 10.7. The number of ether oxygens (including phenoxy) is 2. The average Bonchev–Trinajstić information content (AvgIpc) is 2.46. The summed E-state index contributed by atoms with van der Waals surface area (Å²) >= 11 is 12.0. The Hall–Kier alpha value is -1.58. The Morgan fingerprint density at radius 1 is 1.00 bits per heavy atom. The molecular formula is C18H21Cl2NO2. The Morgan fingerprint density at radius 3 is 2.30 bits per heavy atom. The molecule has 0 unspecified atom stereocenters. The number of hydrogen-bond acceptors (Lipinski definition) is 3. The molecule has 1 N–H and O–H groups in total. The van der Waals surface area contributed by atoms with Crippen LogP contribution in [0.1, 0.15) is 26.3 Å². The van der Waals surface area contributed by atoms with Gasteiger partial charge < -0.3 is 14.8 Å². The second kappa shape index (κ2) is 8.32. The van der Waals surface area contributed by atoms with Crippen molar-refractivity contribution in [3.8, 4) is 11.5 Å². The van der Waals surface area contributed by atoms with Gasteiger partial charge in [0.2, 0.25) is 0 Å². The molecule has 2 aromatic rings. The SMILES string of the molecule is CCOc1cc(CNc2cc(Cl)cc(Cl)c2)ccc1OC(C)C. The van der Waals surface area contributed by atoms with Crippen molar-refractivity contribution < 1.29 is 9.47 Å². The van der Waals surface area contributed by atoms with E-state index < -0.39 is 0 Å². The molecule has 0 saturated carbocycles. The maximum atomic E-state index is 6.01. The van der Waals surface area contributed by atoms with E-state index in [9.17, 15) is 0 Å². The molecule has 124 valence electrons. The third-order valence-electron chi connectivity index (χ3n) is 3.03. The van der Waals surface area contributed by atoms with Crippen LogP contribution < -0.4 is 14.8 Å². The summed E-state index contributed by atoms with van der Waals surface area (Å²) < 4.78 is 11.4. The fourth-order valence-corrected chi connectivity index (χ4v) is 2.67. The minimum Gasteiger partial charge on any atom is -0.490 e. The summed E-state index contributed by atoms with van der Waals surface area (Å²) in [7, 11) is 0. The molecule has 0 heterocycles. The Labute approximate surface area is 147 Å². The quantitative estimate of drug-likeness (QED) is 0.682. The number of rotatable bonds is 7. The standard InChI is InChI=1S/C18H21Cl2NO2/c1-4-22-18-7-13(5-6-17(18)23-12(2)3)11-21-16-9-14(19)8-15(20)10-16/h5-10,12,21H,4,11H2,1-3H3. The van der Waals surface area contributed by atoms with Gasteiger partial charge in [0, 0.05) is 22.3 Å². The highest BCUT2D eigenvalue weighted by molar-refractivity contribution is 6.35. The first-order valence-electron chi connectivity index (χ1n) is 7.60. The van der Waals surface area contributed by atoms with Crippen molar-refractivity contribution in [3.63, 3.8) is 0 Å². The number of hydrogen-bond donors (Lipinski definition) is 1. The monoisotopic (exact) mass is 353 g/mol. The van der Waals surface area contributed by atoms with Crippen LogP contribution in [-0.2, 0) is 6.54 Å². The molecule has 0 amide bonds. The van der Waals surface area contributed by atoms with Crippen LogP contribution in [0.4, 0.5) is 5.69 Å². The molecule has 0 aliphatic rings. The average molecular weight is 354 g/mol. The van der Waals surface area contributed by atoms with E-state index in [1.54, 1.807) is 6.07 Å². The van der Waals surface area contributed by atoms with Crippen LogP contribution in [0, 0.1) is 0 Å². The highest BCUT2D eigenvalue weighted by Gasteiger charge is 2.08. The van der Waals surface area contributed by atoms with E-state index in [2.05, 4.69) is 5.32 Å². The second-order valence-electron chi connectivity index (χ2n) is 5.39. The van der Waals surface area contributed by atoms with Gasteiger partial charge in [-0.2, -0.15) is 0 Å². The number of anilines is 1.